The molecule has 5 rings (SSSR count). The Morgan fingerprint density at radius 3 is 2.66 bits per heavy atom. The van der Waals surface area contributed by atoms with Crippen molar-refractivity contribution in [1.82, 2.24) is 24.6 Å². The molecule has 0 aliphatic rings. The minimum atomic E-state index is -3.79. The van der Waals surface area contributed by atoms with Gasteiger partial charge in [-0.15, -0.1) is 0 Å². The van der Waals surface area contributed by atoms with Crippen molar-refractivity contribution in [2.24, 2.45) is 0 Å². The fraction of sp³-hybridized carbons (Fsp3) is 0.0909. The van der Waals surface area contributed by atoms with E-state index in [9.17, 15) is 13.2 Å². The molecule has 4 heterocycles. The predicted molar refractivity (Wildman–Crippen MR) is 119 cm³/mol. The van der Waals surface area contributed by atoms with Gasteiger partial charge in [0.25, 0.3) is 0 Å². The van der Waals surface area contributed by atoms with Crippen LogP contribution in [-0.4, -0.2) is 38.8 Å². The molecule has 32 heavy (non-hydrogen) atoms. The molecule has 4 aromatic heterocycles. The Bertz CT molecular complexity index is 1570. The molecule has 1 aromatic carbocycles. The molecule has 1 N–H and O–H groups in total. The molecular weight excluding hydrogens is 450 g/mol. The highest BCUT2D eigenvalue weighted by molar-refractivity contribution is 7.91. The number of nitrogens with one attached hydrogen (secondary N) is 1. The Morgan fingerprint density at radius 2 is 1.84 bits per heavy atom. The van der Waals surface area contributed by atoms with Crippen molar-refractivity contribution >= 4 is 43.9 Å². The standard InChI is InChI=1S/C22H16ClN5O3S/c23-17-4-8-20-24-12-21(28(20)13-17)32(30,31)18-5-1-14(2-6-18)3-7-19(29)15-9-16-11-26-27-22(16)25-10-15/h1-2,4-6,8-13H,3,7H2,(H,25,26,27). The topological polar surface area (TPSA) is 110 Å². The summed E-state index contributed by atoms with van der Waals surface area (Å²) < 4.78 is 27.6. The average molecular weight is 466 g/mol. The van der Waals surface area contributed by atoms with Crippen molar-refractivity contribution < 1.29 is 13.2 Å². The first-order chi connectivity index (χ1) is 15.4. The first kappa shape index (κ1) is 20.3. The third kappa shape index (κ3) is 3.65. The van der Waals surface area contributed by atoms with Crippen LogP contribution < -0.4 is 0 Å². The second-order valence-electron chi connectivity index (χ2n) is 7.27. The third-order valence-corrected chi connectivity index (χ3v) is 7.17. The van der Waals surface area contributed by atoms with Crippen LogP contribution in [0.25, 0.3) is 16.7 Å². The number of H-pyrrole nitrogens is 1. The first-order valence-corrected chi connectivity index (χ1v) is 11.6. The molecule has 0 aliphatic carbocycles. The summed E-state index contributed by atoms with van der Waals surface area (Å²) >= 11 is 6.01. The summed E-state index contributed by atoms with van der Waals surface area (Å²) in [6, 6.07) is 11.6. The van der Waals surface area contributed by atoms with E-state index in [0.29, 0.717) is 28.3 Å². The van der Waals surface area contributed by atoms with E-state index in [1.807, 2.05) is 0 Å². The quantitative estimate of drug-likeness (QED) is 0.381. The number of Topliss-reactive ketones (excluding diaryl/α,β-unsaturated/α-hetero) is 1. The van der Waals surface area contributed by atoms with E-state index in [1.54, 1.807) is 36.5 Å². The Morgan fingerprint density at radius 1 is 1.03 bits per heavy atom. The van der Waals surface area contributed by atoms with Gasteiger partial charge in [-0.2, -0.15) is 5.10 Å². The monoisotopic (exact) mass is 465 g/mol. The van der Waals surface area contributed by atoms with E-state index in [-0.39, 0.29) is 22.1 Å². The van der Waals surface area contributed by atoms with E-state index in [0.717, 1.165) is 10.9 Å². The lowest BCUT2D eigenvalue weighted by Crippen LogP contribution is -2.06. The van der Waals surface area contributed by atoms with Crippen molar-refractivity contribution in [2.45, 2.75) is 22.8 Å². The number of hydrogen-bond donors (Lipinski definition) is 1. The summed E-state index contributed by atoms with van der Waals surface area (Å²) in [5, 5.41) is 7.88. The van der Waals surface area contributed by atoms with Gasteiger partial charge in [0.15, 0.2) is 16.5 Å². The molecule has 0 fully saturated rings. The van der Waals surface area contributed by atoms with Gasteiger partial charge in [-0.05, 0) is 42.3 Å². The van der Waals surface area contributed by atoms with Crippen molar-refractivity contribution in [3.63, 3.8) is 0 Å². The maximum Gasteiger partial charge on any atom is 0.223 e. The number of halogens is 1. The molecule has 8 nitrogen and oxygen atoms in total. The van der Waals surface area contributed by atoms with Crippen LogP contribution in [0.15, 0.2) is 77.2 Å². The van der Waals surface area contributed by atoms with E-state index < -0.39 is 9.84 Å². The maximum atomic E-state index is 13.1. The molecule has 160 valence electrons. The Hall–Kier alpha value is -3.56. The van der Waals surface area contributed by atoms with Gasteiger partial charge >= 0.3 is 0 Å². The molecule has 0 aliphatic heterocycles. The SMILES string of the molecule is O=C(CCc1ccc(S(=O)(=O)c2cnc3ccc(Cl)cn23)cc1)c1cnc2[nH]ncc2c1. The van der Waals surface area contributed by atoms with Gasteiger partial charge in [-0.1, -0.05) is 23.7 Å². The summed E-state index contributed by atoms with van der Waals surface area (Å²) in [7, 11) is -3.79. The number of rotatable bonds is 6. The third-order valence-electron chi connectivity index (χ3n) is 5.20. The molecule has 0 saturated carbocycles. The first-order valence-electron chi connectivity index (χ1n) is 9.71. The fourth-order valence-corrected chi connectivity index (χ4v) is 4.97. The average Bonchev–Trinajstić information content (AvgIpc) is 3.44. The van der Waals surface area contributed by atoms with Crippen LogP contribution in [0.2, 0.25) is 5.02 Å². The largest absolute Gasteiger partial charge is 0.294 e. The molecular formula is C22H16ClN5O3S. The van der Waals surface area contributed by atoms with Gasteiger partial charge in [0.05, 0.1) is 22.3 Å². The highest BCUT2D eigenvalue weighted by Crippen LogP contribution is 2.24. The molecule has 10 heteroatoms. The molecule has 0 unspecified atom stereocenters. The molecule has 0 amide bonds. The number of benzene rings is 1. The second kappa shape index (κ2) is 7.85. The van der Waals surface area contributed by atoms with E-state index in [4.69, 9.17) is 11.6 Å². The number of ketones is 1. The number of aromatic nitrogens is 5. The minimum Gasteiger partial charge on any atom is -0.294 e. The zero-order valence-electron chi connectivity index (χ0n) is 16.6. The van der Waals surface area contributed by atoms with Gasteiger partial charge in [-0.25, -0.2) is 18.4 Å². The smallest absolute Gasteiger partial charge is 0.223 e. The second-order valence-corrected chi connectivity index (χ2v) is 9.61. The lowest BCUT2D eigenvalue weighted by molar-refractivity contribution is 0.0982. The number of carbonyl (C=O) groups is 1. The van der Waals surface area contributed by atoms with E-state index >= 15 is 0 Å². The van der Waals surface area contributed by atoms with E-state index in [2.05, 4.69) is 20.2 Å². The van der Waals surface area contributed by atoms with E-state index in [1.165, 1.54) is 35.1 Å². The molecule has 0 bridgehead atoms. The van der Waals surface area contributed by atoms with Gasteiger partial charge < -0.3 is 0 Å². The van der Waals surface area contributed by atoms with Crippen LogP contribution in [-0.2, 0) is 16.3 Å². The normalized spacial score (nSPS) is 11.9. The summed E-state index contributed by atoms with van der Waals surface area (Å²) in [6.45, 7) is 0. The van der Waals surface area contributed by atoms with Crippen LogP contribution in [0.4, 0.5) is 0 Å². The number of nitrogens with zero attached hydrogens (tertiary/aromatic N) is 4. The van der Waals surface area contributed by atoms with Crippen LogP contribution in [0.1, 0.15) is 22.3 Å². The van der Waals surface area contributed by atoms with Crippen LogP contribution >= 0.6 is 11.6 Å². The Kier molecular flexibility index (Phi) is 4.99. The summed E-state index contributed by atoms with van der Waals surface area (Å²) in [5.74, 6) is -0.0418. The molecule has 5 aromatic rings. The fourth-order valence-electron chi connectivity index (χ4n) is 3.48. The number of hydrogen-bond acceptors (Lipinski definition) is 6. The van der Waals surface area contributed by atoms with Crippen LogP contribution in [0, 0.1) is 0 Å². The number of imidazole rings is 1. The van der Waals surface area contributed by atoms with Gasteiger partial charge in [0.1, 0.15) is 5.65 Å². The number of aryl methyl sites for hydroxylation is 1. The minimum absolute atomic E-state index is 0.0417. The van der Waals surface area contributed by atoms with Gasteiger partial charge in [-0.3, -0.25) is 14.3 Å². The predicted octanol–water partition coefficient (Wildman–Crippen LogP) is 3.91. The van der Waals surface area contributed by atoms with Crippen molar-refractivity contribution in [3.8, 4) is 0 Å². The maximum absolute atomic E-state index is 13.1. The molecule has 0 spiro atoms. The highest BCUT2D eigenvalue weighted by Gasteiger charge is 2.22. The zero-order valence-corrected chi connectivity index (χ0v) is 18.1. The molecule has 0 saturated heterocycles. The summed E-state index contributed by atoms with van der Waals surface area (Å²) in [4.78, 5) is 21.0. The number of carbonyl (C=O) groups excluding carboxylic acids is 1. The van der Waals surface area contributed by atoms with Crippen molar-refractivity contribution in [2.75, 3.05) is 0 Å². The molecule has 0 atom stereocenters. The Labute approximate surface area is 187 Å². The van der Waals surface area contributed by atoms with Gasteiger partial charge in [0, 0.05) is 29.8 Å². The Balaban J connectivity index is 1.33. The lowest BCUT2D eigenvalue weighted by atomic mass is 10.0. The summed E-state index contributed by atoms with van der Waals surface area (Å²) in [6.07, 6.45) is 6.75. The van der Waals surface area contributed by atoms with Gasteiger partial charge in [0.2, 0.25) is 9.84 Å². The number of sulfone groups is 1. The molecule has 0 radical (unpaired) electrons. The van der Waals surface area contributed by atoms with Crippen molar-refractivity contribution in [3.05, 3.63) is 83.4 Å². The highest BCUT2D eigenvalue weighted by atomic mass is 35.5. The lowest BCUT2D eigenvalue weighted by Gasteiger charge is -2.07. The number of pyridine rings is 2. The number of fused-ring (bicyclic) bond motifs is 2. The summed E-state index contributed by atoms with van der Waals surface area (Å²) in [5.41, 5.74) is 2.50. The number of aromatic amines is 1. The van der Waals surface area contributed by atoms with Crippen molar-refractivity contribution in [1.29, 1.82) is 0 Å². The zero-order chi connectivity index (χ0) is 22.3. The van der Waals surface area contributed by atoms with Crippen LogP contribution in [0.3, 0.4) is 0 Å². The van der Waals surface area contributed by atoms with Crippen LogP contribution in [0.5, 0.6) is 0 Å².